The summed E-state index contributed by atoms with van der Waals surface area (Å²) in [6, 6.07) is 31.3. The number of primary amides is 1. The molecule has 112 heavy (non-hydrogen) atoms. The molecule has 6 aromatic carbocycles. The molecule has 34 heteroatoms. The molecule has 3 amide bonds. The number of amides is 3. The predicted molar refractivity (Wildman–Crippen MR) is 437 cm³/mol. The summed E-state index contributed by atoms with van der Waals surface area (Å²) in [5, 5.41) is 6.11. The second-order valence-corrected chi connectivity index (χ2v) is 36.3. The van der Waals surface area contributed by atoms with Crippen LogP contribution in [0.25, 0.3) is 0 Å². The van der Waals surface area contributed by atoms with Crippen molar-refractivity contribution >= 4 is 117 Å². The lowest BCUT2D eigenvalue weighted by Gasteiger charge is -2.40. The number of nitrogens with two attached hydrogens (primary N) is 1. The summed E-state index contributed by atoms with van der Waals surface area (Å²) in [6.45, 7) is 5.83. The van der Waals surface area contributed by atoms with Crippen molar-refractivity contribution in [2.75, 3.05) is 173 Å². The molecule has 614 valence electrons. The van der Waals surface area contributed by atoms with Crippen molar-refractivity contribution in [3.05, 3.63) is 189 Å². The van der Waals surface area contributed by atoms with E-state index in [1.54, 1.807) is 77.7 Å². The van der Waals surface area contributed by atoms with Gasteiger partial charge < -0.3 is 64.0 Å². The molecule has 0 saturated heterocycles. The third-order valence-electron chi connectivity index (χ3n) is 20.3. The number of ether oxygens (including phenoxy) is 6. The summed E-state index contributed by atoms with van der Waals surface area (Å²) < 4.78 is 124. The monoisotopic (exact) mass is 1720 g/mol. The molecule has 0 aromatic heterocycles. The van der Waals surface area contributed by atoms with E-state index in [2.05, 4.69) is 34.2 Å². The normalized spacial score (nSPS) is 16.9. The number of hydrogen-bond donors (Lipinski definition) is 5. The smallest absolute Gasteiger partial charge is 0.240 e. The number of hydrogen-bond acceptors (Lipinski definition) is 19. The highest BCUT2D eigenvalue weighted by Crippen LogP contribution is 2.43. The lowest BCUT2D eigenvalue weighted by atomic mass is 9.82. The largest absolute Gasteiger partial charge is 0.378 e. The number of carbonyl (C=O) groups excluding carboxylic acids is 3. The van der Waals surface area contributed by atoms with Crippen molar-refractivity contribution in [2.45, 2.75) is 96.1 Å². The Morgan fingerprint density at radius 3 is 1.11 bits per heavy atom. The van der Waals surface area contributed by atoms with E-state index in [0.29, 0.717) is 69.4 Å². The summed E-state index contributed by atoms with van der Waals surface area (Å²) in [7, 11) is -2.11. The first-order valence-corrected chi connectivity index (χ1v) is 43.9. The van der Waals surface area contributed by atoms with E-state index in [0.717, 1.165) is 50.1 Å². The maximum atomic E-state index is 14.4. The van der Waals surface area contributed by atoms with Crippen LogP contribution >= 0.6 is 69.6 Å². The molecule has 0 saturated carbocycles. The fourth-order valence-electron chi connectivity index (χ4n) is 14.4. The molecule has 3 heterocycles. The van der Waals surface area contributed by atoms with Gasteiger partial charge in [-0.15, -0.1) is 0 Å². The minimum Gasteiger partial charge on any atom is -0.378 e. The second kappa shape index (κ2) is 43.3. The number of rotatable bonds is 46. The van der Waals surface area contributed by atoms with Gasteiger partial charge in [0.05, 0.1) is 94.0 Å². The molecule has 6 N–H and O–H groups in total. The van der Waals surface area contributed by atoms with Gasteiger partial charge in [-0.1, -0.05) is 106 Å². The first kappa shape index (κ1) is 90.7. The number of nitrogens with one attached hydrogen (secondary N) is 4. The standard InChI is InChI=1S/C78H102Cl6N10O15S3/c1-90(2)78(18-15-75(85)95,19-16-76(96)86-21-27-104-33-34-105-28-22-87-110(98,99)60-12-6-9-54(39-60)66-48-91(3)51-69-63(66)42-57(79)45-72(69)82)20-17-77(97)94(25-31-108-37-35-106-29-23-88-111(100,101)61-13-7-10-55(40-61)67-49-92(4)52-70-64(67)43-58(80)46-73(70)83)26-32-109-38-36-107-30-24-89-112(102,103)62-14-8-11-56(41-62)68-50-93(5)53-71-65(68)44-59(81)47-74(71)84/h6-14,39-47,66-68,87-89H,15-38,48-53H2,1-5H3,(H2,85,95)(H,86,96)/t66-,67-,68-,78?/m0/s1. The molecule has 3 aliphatic rings. The van der Waals surface area contributed by atoms with Crippen molar-refractivity contribution in [3.63, 3.8) is 0 Å². The van der Waals surface area contributed by atoms with E-state index in [1.807, 2.05) is 76.5 Å². The van der Waals surface area contributed by atoms with Crippen molar-refractivity contribution in [1.29, 1.82) is 0 Å². The molecule has 1 unspecified atom stereocenters. The fraction of sp³-hybridized carbons (Fsp3) is 0.500. The van der Waals surface area contributed by atoms with Gasteiger partial charge in [0.25, 0.3) is 0 Å². The molecular weight excluding hydrogens is 1630 g/mol. The first-order valence-electron chi connectivity index (χ1n) is 37.2. The van der Waals surface area contributed by atoms with Crippen LogP contribution in [0.3, 0.4) is 0 Å². The molecule has 0 bridgehead atoms. The van der Waals surface area contributed by atoms with Crippen molar-refractivity contribution in [1.82, 2.24) is 44.0 Å². The van der Waals surface area contributed by atoms with Gasteiger partial charge in [0.2, 0.25) is 47.8 Å². The highest BCUT2D eigenvalue weighted by Gasteiger charge is 2.36. The number of carbonyl (C=O) groups is 3. The quantitative estimate of drug-likeness (QED) is 0.0222. The minimum absolute atomic E-state index is 0.00202. The molecule has 25 nitrogen and oxygen atoms in total. The predicted octanol–water partition coefficient (Wildman–Crippen LogP) is 9.74. The Morgan fingerprint density at radius 2 is 0.768 bits per heavy atom. The van der Waals surface area contributed by atoms with Crippen LogP contribution in [-0.2, 0) is 92.5 Å². The van der Waals surface area contributed by atoms with Gasteiger partial charge in [-0.05, 0) is 177 Å². The SMILES string of the molecule is CN1Cc2c(Cl)cc(Cl)cc2[C@H](c2cccc(S(=O)(=O)NCCOCCOCCNC(=O)CCC(CCC(N)=O)(CCC(=O)N(CCOCCOCCNS(=O)(=O)c3cccc([C@@H]4CN(C)Cc5c(Cl)cc(Cl)cc54)c3)CCOCCOCCNS(=O)(=O)c3cccc([C@@H]4CN(C)Cc5c(Cl)cc(Cl)cc54)c3)N(C)C)c2)C1. The van der Waals surface area contributed by atoms with Crippen molar-refractivity contribution in [3.8, 4) is 0 Å². The van der Waals surface area contributed by atoms with Gasteiger partial charge in [0.15, 0.2) is 0 Å². The number of halogens is 6. The molecule has 0 spiro atoms. The molecule has 0 aliphatic carbocycles. The molecule has 0 radical (unpaired) electrons. The lowest BCUT2D eigenvalue weighted by molar-refractivity contribution is -0.133. The van der Waals surface area contributed by atoms with E-state index in [-0.39, 0.29) is 201 Å². The summed E-state index contributed by atoms with van der Waals surface area (Å²) >= 11 is 39.0. The first-order chi connectivity index (χ1) is 53.4. The van der Waals surface area contributed by atoms with E-state index >= 15 is 0 Å². The van der Waals surface area contributed by atoms with E-state index < -0.39 is 41.5 Å². The van der Waals surface area contributed by atoms with Crippen molar-refractivity contribution in [2.24, 2.45) is 5.73 Å². The number of sulfonamides is 3. The van der Waals surface area contributed by atoms with Gasteiger partial charge in [0, 0.05) is 151 Å². The topological polar surface area (TPSA) is 299 Å². The number of benzene rings is 6. The highest BCUT2D eigenvalue weighted by atomic mass is 35.5. The van der Waals surface area contributed by atoms with Gasteiger partial charge >= 0.3 is 0 Å². The molecular formula is C78H102Cl6N10O15S3. The molecule has 4 atom stereocenters. The average molecular weight is 1730 g/mol. The maximum absolute atomic E-state index is 14.4. The Bertz CT molecular complexity index is 4380. The van der Waals surface area contributed by atoms with Gasteiger partial charge in [-0.2, -0.15) is 0 Å². The Labute approximate surface area is 689 Å². The fourth-order valence-corrected chi connectivity index (χ4v) is 19.3. The molecule has 3 aliphatic heterocycles. The van der Waals surface area contributed by atoms with Gasteiger partial charge in [-0.25, -0.2) is 39.4 Å². The molecule has 6 aromatic rings. The van der Waals surface area contributed by atoms with Crippen LogP contribution in [0.2, 0.25) is 30.1 Å². The summed E-state index contributed by atoms with van der Waals surface area (Å²) in [5.74, 6) is -1.50. The van der Waals surface area contributed by atoms with Crippen molar-refractivity contribution < 1.29 is 68.1 Å². The zero-order valence-corrected chi connectivity index (χ0v) is 70.8. The Kier molecular flexibility index (Phi) is 35.1. The van der Waals surface area contributed by atoms with E-state index in [1.165, 1.54) is 0 Å². The average Bonchev–Trinajstić information content (AvgIpc) is 0.781. The Hall–Kier alpha value is -5.20. The lowest BCUT2D eigenvalue weighted by Crippen LogP contribution is -2.47. The van der Waals surface area contributed by atoms with Crippen LogP contribution in [-0.4, -0.2) is 246 Å². The molecule has 0 fully saturated rings. The number of fused-ring (bicyclic) bond motifs is 3. The number of likely N-dealkylation sites (N-methyl/N-ethyl adjacent to an activating group) is 3. The highest BCUT2D eigenvalue weighted by molar-refractivity contribution is 7.90. The molecule has 9 rings (SSSR count). The van der Waals surface area contributed by atoms with Crippen LogP contribution in [0.4, 0.5) is 0 Å². The van der Waals surface area contributed by atoms with Crippen LogP contribution in [0.5, 0.6) is 0 Å². The van der Waals surface area contributed by atoms with Crippen LogP contribution in [0, 0.1) is 0 Å². The van der Waals surface area contributed by atoms with Gasteiger partial charge in [0.1, 0.15) is 0 Å². The van der Waals surface area contributed by atoms with Crippen LogP contribution in [0.15, 0.2) is 124 Å². The second-order valence-electron chi connectivity index (χ2n) is 28.5. The summed E-state index contributed by atoms with van der Waals surface area (Å²) in [5.41, 5.74) is 13.1. The van der Waals surface area contributed by atoms with E-state index in [4.69, 9.17) is 104 Å². The zero-order chi connectivity index (χ0) is 80.8. The summed E-state index contributed by atoms with van der Waals surface area (Å²) in [4.78, 5) is 50.4. The maximum Gasteiger partial charge on any atom is 0.240 e. The minimum atomic E-state index is -3.92. The van der Waals surface area contributed by atoms with Gasteiger partial charge in [-0.3, -0.25) is 14.4 Å². The summed E-state index contributed by atoms with van der Waals surface area (Å²) in [6.07, 6.45) is 0.888. The number of nitrogens with zero attached hydrogens (tertiary/aromatic N) is 5. The van der Waals surface area contributed by atoms with E-state index in [9.17, 15) is 39.6 Å². The zero-order valence-electron chi connectivity index (χ0n) is 63.8. The van der Waals surface area contributed by atoms with Crippen LogP contribution in [0.1, 0.15) is 106 Å². The Morgan fingerprint density at radius 1 is 0.446 bits per heavy atom. The van der Waals surface area contributed by atoms with Crippen LogP contribution < -0.4 is 25.2 Å². The third-order valence-corrected chi connectivity index (χ3v) is 26.3. The Balaban J connectivity index is 0.713. The third kappa shape index (κ3) is 26.4.